The number of hydrogen-bond acceptors (Lipinski definition) is 3. The molecular weight excluding hydrogens is 343 g/mol. The van der Waals surface area contributed by atoms with Crippen molar-refractivity contribution in [3.8, 4) is 11.3 Å². The lowest BCUT2D eigenvalue weighted by Crippen LogP contribution is -2.35. The number of aromatic nitrogens is 1. The number of fused-ring (bicyclic) bond motifs is 1. The molecule has 0 N–H and O–H groups in total. The molecule has 6 heteroatoms. The van der Waals surface area contributed by atoms with Crippen LogP contribution in [-0.4, -0.2) is 22.5 Å². The summed E-state index contributed by atoms with van der Waals surface area (Å²) >= 11 is 5.92. The molecule has 0 bridgehead atoms. The molecule has 1 aliphatic rings. The van der Waals surface area contributed by atoms with Crippen molar-refractivity contribution in [2.24, 2.45) is 0 Å². The highest BCUT2D eigenvalue weighted by molar-refractivity contribution is 6.30. The van der Waals surface area contributed by atoms with Gasteiger partial charge >= 0.3 is 0 Å². The number of halogens is 2. The van der Waals surface area contributed by atoms with Crippen LogP contribution in [0.15, 0.2) is 53.1 Å². The van der Waals surface area contributed by atoms with Crippen LogP contribution in [0.2, 0.25) is 5.02 Å². The lowest BCUT2D eigenvalue weighted by atomic mass is 10.00. The zero-order valence-electron chi connectivity index (χ0n) is 13.2. The second kappa shape index (κ2) is 6.33. The Hall–Kier alpha value is -2.66. The third kappa shape index (κ3) is 3.03. The van der Waals surface area contributed by atoms with Gasteiger partial charge in [-0.25, -0.2) is 4.39 Å². The van der Waals surface area contributed by atoms with E-state index in [1.54, 1.807) is 17.0 Å². The van der Waals surface area contributed by atoms with Gasteiger partial charge in [-0.15, -0.1) is 0 Å². The molecule has 4 nitrogen and oxygen atoms in total. The van der Waals surface area contributed by atoms with E-state index in [0.717, 1.165) is 22.6 Å². The average molecular weight is 357 g/mol. The van der Waals surface area contributed by atoms with Gasteiger partial charge in [0.2, 0.25) is 0 Å². The zero-order chi connectivity index (χ0) is 17.4. The molecule has 25 heavy (non-hydrogen) atoms. The number of hydrogen-bond donors (Lipinski definition) is 0. The predicted octanol–water partition coefficient (Wildman–Crippen LogP) is 4.33. The maximum atomic E-state index is 13.0. The third-order valence-corrected chi connectivity index (χ3v) is 4.58. The molecule has 0 saturated heterocycles. The van der Waals surface area contributed by atoms with E-state index in [9.17, 15) is 9.18 Å². The Morgan fingerprint density at radius 2 is 1.84 bits per heavy atom. The van der Waals surface area contributed by atoms with Crippen molar-refractivity contribution < 1.29 is 13.7 Å². The molecule has 2 aromatic carbocycles. The van der Waals surface area contributed by atoms with Crippen LogP contribution in [0.3, 0.4) is 0 Å². The van der Waals surface area contributed by atoms with Crippen LogP contribution in [-0.2, 0) is 13.0 Å². The van der Waals surface area contributed by atoms with Gasteiger partial charge in [-0.2, -0.15) is 0 Å². The van der Waals surface area contributed by atoms with E-state index in [1.807, 2.05) is 12.1 Å². The summed E-state index contributed by atoms with van der Waals surface area (Å²) in [5.41, 5.74) is 3.15. The van der Waals surface area contributed by atoms with Crippen molar-refractivity contribution in [3.05, 3.63) is 76.2 Å². The van der Waals surface area contributed by atoms with Gasteiger partial charge in [-0.3, -0.25) is 4.79 Å². The highest BCUT2D eigenvalue weighted by Gasteiger charge is 2.27. The maximum absolute atomic E-state index is 13.0. The second-order valence-corrected chi connectivity index (χ2v) is 6.36. The van der Waals surface area contributed by atoms with Gasteiger partial charge in [0.25, 0.3) is 5.91 Å². The molecule has 0 atom stereocenters. The van der Waals surface area contributed by atoms with Crippen LogP contribution in [0.5, 0.6) is 0 Å². The van der Waals surface area contributed by atoms with E-state index in [1.165, 1.54) is 24.3 Å². The molecular formula is C19H14ClFN2O2. The number of nitrogens with zero attached hydrogens (tertiary/aromatic N) is 2. The molecule has 0 spiro atoms. The summed E-state index contributed by atoms with van der Waals surface area (Å²) in [6, 6.07) is 13.0. The van der Waals surface area contributed by atoms with Gasteiger partial charge in [0.15, 0.2) is 5.76 Å². The normalized spacial score (nSPS) is 13.6. The van der Waals surface area contributed by atoms with Crippen molar-refractivity contribution in [1.82, 2.24) is 10.1 Å². The van der Waals surface area contributed by atoms with Crippen molar-refractivity contribution >= 4 is 17.5 Å². The molecule has 0 unspecified atom stereocenters. The zero-order valence-corrected chi connectivity index (χ0v) is 14.0. The first-order chi connectivity index (χ1) is 12.1. The Morgan fingerprint density at radius 1 is 1.12 bits per heavy atom. The number of carbonyl (C=O) groups is 1. The molecule has 2 heterocycles. The SMILES string of the molecule is O=C(c1ccc(F)cc1)N1CCc2c(noc2-c2ccc(Cl)cc2)C1. The molecule has 0 aliphatic carbocycles. The maximum Gasteiger partial charge on any atom is 0.254 e. The van der Waals surface area contributed by atoms with E-state index < -0.39 is 0 Å². The van der Waals surface area contributed by atoms with E-state index in [0.29, 0.717) is 30.1 Å². The minimum Gasteiger partial charge on any atom is -0.356 e. The average Bonchev–Trinajstić information content (AvgIpc) is 3.05. The van der Waals surface area contributed by atoms with Crippen molar-refractivity contribution in [3.63, 3.8) is 0 Å². The highest BCUT2D eigenvalue weighted by atomic mass is 35.5. The molecule has 1 aromatic heterocycles. The molecule has 3 aromatic rings. The molecule has 1 aliphatic heterocycles. The van der Waals surface area contributed by atoms with E-state index in [-0.39, 0.29) is 11.7 Å². The van der Waals surface area contributed by atoms with Crippen LogP contribution >= 0.6 is 11.6 Å². The van der Waals surface area contributed by atoms with Gasteiger partial charge in [0, 0.05) is 28.3 Å². The van der Waals surface area contributed by atoms with Gasteiger partial charge in [-0.05, 0) is 55.0 Å². The molecule has 1 amide bonds. The molecule has 0 radical (unpaired) electrons. The van der Waals surface area contributed by atoms with Crippen LogP contribution in [0.25, 0.3) is 11.3 Å². The smallest absolute Gasteiger partial charge is 0.254 e. The number of rotatable bonds is 2. The predicted molar refractivity (Wildman–Crippen MR) is 91.8 cm³/mol. The number of benzene rings is 2. The fourth-order valence-corrected chi connectivity index (χ4v) is 3.13. The lowest BCUT2D eigenvalue weighted by Gasteiger charge is -2.26. The fraction of sp³-hybridized carbons (Fsp3) is 0.158. The van der Waals surface area contributed by atoms with Crippen LogP contribution in [0.4, 0.5) is 4.39 Å². The third-order valence-electron chi connectivity index (χ3n) is 4.33. The second-order valence-electron chi connectivity index (χ2n) is 5.93. The van der Waals surface area contributed by atoms with Crippen molar-refractivity contribution in [1.29, 1.82) is 0 Å². The summed E-state index contributed by atoms with van der Waals surface area (Å²) in [7, 11) is 0. The number of amides is 1. The van der Waals surface area contributed by atoms with Crippen LogP contribution in [0, 0.1) is 5.82 Å². The highest BCUT2D eigenvalue weighted by Crippen LogP contribution is 2.31. The van der Waals surface area contributed by atoms with Crippen molar-refractivity contribution in [2.45, 2.75) is 13.0 Å². The van der Waals surface area contributed by atoms with Gasteiger partial charge in [0.05, 0.1) is 6.54 Å². The first-order valence-electron chi connectivity index (χ1n) is 7.90. The number of carbonyl (C=O) groups excluding carboxylic acids is 1. The monoisotopic (exact) mass is 356 g/mol. The largest absolute Gasteiger partial charge is 0.356 e. The topological polar surface area (TPSA) is 46.3 Å². The lowest BCUT2D eigenvalue weighted by molar-refractivity contribution is 0.0731. The first-order valence-corrected chi connectivity index (χ1v) is 8.28. The standard InChI is InChI=1S/C19H14ClFN2O2/c20-14-5-1-12(2-6-14)18-16-9-10-23(11-17(16)22-25-18)19(24)13-3-7-15(21)8-4-13/h1-8H,9-11H2. The molecule has 0 saturated carbocycles. The summed E-state index contributed by atoms with van der Waals surface area (Å²) < 4.78 is 18.5. The Bertz CT molecular complexity index is 920. The molecule has 0 fully saturated rings. The van der Waals surface area contributed by atoms with Gasteiger partial charge < -0.3 is 9.42 Å². The van der Waals surface area contributed by atoms with E-state index in [4.69, 9.17) is 16.1 Å². The van der Waals surface area contributed by atoms with Crippen molar-refractivity contribution in [2.75, 3.05) is 6.54 Å². The Morgan fingerprint density at radius 3 is 2.56 bits per heavy atom. The van der Waals surface area contributed by atoms with Gasteiger partial charge in [-0.1, -0.05) is 16.8 Å². The Balaban J connectivity index is 1.57. The summed E-state index contributed by atoms with van der Waals surface area (Å²) in [4.78, 5) is 14.3. The fourth-order valence-electron chi connectivity index (χ4n) is 3.01. The Labute approximate surface area is 148 Å². The summed E-state index contributed by atoms with van der Waals surface area (Å²) in [5, 5.41) is 4.79. The molecule has 126 valence electrons. The summed E-state index contributed by atoms with van der Waals surface area (Å²) in [6.45, 7) is 0.938. The summed E-state index contributed by atoms with van der Waals surface area (Å²) in [6.07, 6.45) is 0.656. The van der Waals surface area contributed by atoms with E-state index >= 15 is 0 Å². The molecule has 4 rings (SSSR count). The van der Waals surface area contributed by atoms with Crippen LogP contribution in [0.1, 0.15) is 21.6 Å². The summed E-state index contributed by atoms with van der Waals surface area (Å²) in [5.74, 6) is 0.226. The Kier molecular flexibility index (Phi) is 4.01. The van der Waals surface area contributed by atoms with E-state index in [2.05, 4.69) is 5.16 Å². The minimum absolute atomic E-state index is 0.137. The quantitative estimate of drug-likeness (QED) is 0.686. The minimum atomic E-state index is -0.360. The first kappa shape index (κ1) is 15.8. The van der Waals surface area contributed by atoms with Crippen LogP contribution < -0.4 is 0 Å². The van der Waals surface area contributed by atoms with Gasteiger partial charge in [0.1, 0.15) is 11.5 Å².